The number of H-pyrrole nitrogens is 1. The lowest BCUT2D eigenvalue weighted by molar-refractivity contribution is 0.0600. The zero-order valence-corrected chi connectivity index (χ0v) is 9.64. The zero-order chi connectivity index (χ0) is 13.0. The Morgan fingerprint density at radius 3 is 2.78 bits per heavy atom. The summed E-state index contributed by atoms with van der Waals surface area (Å²) in [6.45, 7) is 0. The van der Waals surface area contributed by atoms with Crippen LogP contribution in [0.4, 0.5) is 5.69 Å². The molecule has 2 aromatic rings. The van der Waals surface area contributed by atoms with E-state index >= 15 is 0 Å². The van der Waals surface area contributed by atoms with Crippen molar-refractivity contribution >= 4 is 17.6 Å². The molecular formula is C12H11N3O3. The highest BCUT2D eigenvalue weighted by Crippen LogP contribution is 2.10. The minimum Gasteiger partial charge on any atom is -0.465 e. The lowest BCUT2D eigenvalue weighted by Crippen LogP contribution is -2.12. The fourth-order valence-electron chi connectivity index (χ4n) is 1.43. The van der Waals surface area contributed by atoms with Gasteiger partial charge >= 0.3 is 5.97 Å². The smallest absolute Gasteiger partial charge is 0.337 e. The number of nitrogens with zero attached hydrogens (tertiary/aromatic N) is 1. The molecule has 92 valence electrons. The number of aromatic amines is 1. The number of esters is 1. The summed E-state index contributed by atoms with van der Waals surface area (Å²) in [5, 5.41) is 8.94. The summed E-state index contributed by atoms with van der Waals surface area (Å²) in [5.74, 6) is -0.796. The second-order valence-electron chi connectivity index (χ2n) is 3.51. The van der Waals surface area contributed by atoms with Crippen LogP contribution in [0.3, 0.4) is 0 Å². The van der Waals surface area contributed by atoms with Gasteiger partial charge in [0.25, 0.3) is 5.91 Å². The second kappa shape index (κ2) is 5.13. The van der Waals surface area contributed by atoms with Crippen LogP contribution in [-0.4, -0.2) is 29.2 Å². The summed E-state index contributed by atoms with van der Waals surface area (Å²) >= 11 is 0. The first-order chi connectivity index (χ1) is 8.70. The summed E-state index contributed by atoms with van der Waals surface area (Å²) in [5.41, 5.74) is 1.26. The normalized spacial score (nSPS) is 9.83. The maximum absolute atomic E-state index is 11.9. The number of amides is 1. The van der Waals surface area contributed by atoms with E-state index in [1.165, 1.54) is 19.4 Å². The van der Waals surface area contributed by atoms with Crippen molar-refractivity contribution in [1.29, 1.82) is 0 Å². The van der Waals surface area contributed by atoms with Crippen molar-refractivity contribution < 1.29 is 14.3 Å². The number of carbonyl (C=O) groups is 2. The van der Waals surface area contributed by atoms with E-state index in [4.69, 9.17) is 0 Å². The highest BCUT2D eigenvalue weighted by atomic mass is 16.5. The highest BCUT2D eigenvalue weighted by Gasteiger charge is 2.10. The van der Waals surface area contributed by atoms with Crippen LogP contribution in [0.5, 0.6) is 0 Å². The summed E-state index contributed by atoms with van der Waals surface area (Å²) < 4.78 is 4.59. The van der Waals surface area contributed by atoms with Gasteiger partial charge in [-0.15, -0.1) is 0 Å². The lowest BCUT2D eigenvalue weighted by Gasteiger charge is -2.04. The molecule has 0 aliphatic rings. The Kier molecular flexibility index (Phi) is 3.38. The van der Waals surface area contributed by atoms with Gasteiger partial charge in [0.2, 0.25) is 0 Å². The van der Waals surface area contributed by atoms with E-state index in [1.807, 2.05) is 0 Å². The average molecular weight is 245 g/mol. The molecule has 0 aliphatic carbocycles. The fourth-order valence-corrected chi connectivity index (χ4v) is 1.43. The minimum absolute atomic E-state index is 0.317. The van der Waals surface area contributed by atoms with Gasteiger partial charge in [-0.25, -0.2) is 4.79 Å². The SMILES string of the molecule is COC(=O)c1cccc(C(=O)Nc2cn[nH]c2)c1. The zero-order valence-electron chi connectivity index (χ0n) is 9.64. The molecule has 2 rings (SSSR count). The molecule has 0 fully saturated rings. The number of anilines is 1. The van der Waals surface area contributed by atoms with Crippen LogP contribution in [0.15, 0.2) is 36.7 Å². The molecule has 0 saturated carbocycles. The van der Waals surface area contributed by atoms with Gasteiger partial charge in [-0.1, -0.05) is 6.07 Å². The average Bonchev–Trinajstić information content (AvgIpc) is 2.90. The lowest BCUT2D eigenvalue weighted by atomic mass is 10.1. The molecule has 0 radical (unpaired) electrons. The number of carbonyl (C=O) groups excluding carboxylic acids is 2. The number of aromatic nitrogens is 2. The van der Waals surface area contributed by atoms with Gasteiger partial charge in [0.05, 0.1) is 24.6 Å². The summed E-state index contributed by atoms with van der Waals surface area (Å²) in [4.78, 5) is 23.2. The number of rotatable bonds is 3. The number of methoxy groups -OCH3 is 1. The Morgan fingerprint density at radius 1 is 1.33 bits per heavy atom. The molecular weight excluding hydrogens is 234 g/mol. The monoisotopic (exact) mass is 245 g/mol. The standard InChI is InChI=1S/C12H11N3O3/c1-18-12(17)9-4-2-3-8(5-9)11(16)15-10-6-13-14-7-10/h2-7H,1H3,(H,13,14)(H,15,16). The highest BCUT2D eigenvalue weighted by molar-refractivity contribution is 6.05. The molecule has 2 N–H and O–H groups in total. The molecule has 6 nitrogen and oxygen atoms in total. The molecule has 1 aromatic carbocycles. The van der Waals surface area contributed by atoms with Gasteiger partial charge in [0.15, 0.2) is 0 Å². The van der Waals surface area contributed by atoms with Crippen molar-refractivity contribution in [2.24, 2.45) is 0 Å². The first-order valence-electron chi connectivity index (χ1n) is 5.19. The fraction of sp³-hybridized carbons (Fsp3) is 0.0833. The van der Waals surface area contributed by atoms with Gasteiger partial charge in [0.1, 0.15) is 0 Å². The molecule has 1 aromatic heterocycles. The number of ether oxygens (including phenoxy) is 1. The van der Waals surface area contributed by atoms with Crippen LogP contribution < -0.4 is 5.32 Å². The predicted molar refractivity (Wildman–Crippen MR) is 64.3 cm³/mol. The van der Waals surface area contributed by atoms with E-state index in [2.05, 4.69) is 20.3 Å². The van der Waals surface area contributed by atoms with Crippen molar-refractivity contribution in [2.45, 2.75) is 0 Å². The third-order valence-electron chi connectivity index (χ3n) is 2.30. The van der Waals surface area contributed by atoms with Gasteiger partial charge in [-0.2, -0.15) is 5.10 Å². The molecule has 1 heterocycles. The Balaban J connectivity index is 2.18. The summed E-state index contributed by atoms with van der Waals surface area (Å²) in [6.07, 6.45) is 3.05. The minimum atomic E-state index is -0.479. The van der Waals surface area contributed by atoms with Crippen molar-refractivity contribution in [3.63, 3.8) is 0 Å². The van der Waals surface area contributed by atoms with Gasteiger partial charge in [0, 0.05) is 11.8 Å². The number of benzene rings is 1. The van der Waals surface area contributed by atoms with Crippen LogP contribution in [0.2, 0.25) is 0 Å². The number of hydrogen-bond acceptors (Lipinski definition) is 4. The Labute approximate surface area is 103 Å². The van der Waals surface area contributed by atoms with Crippen LogP contribution in [0.25, 0.3) is 0 Å². The first-order valence-corrected chi connectivity index (χ1v) is 5.19. The molecule has 0 bridgehead atoms. The summed E-state index contributed by atoms with van der Waals surface area (Å²) in [7, 11) is 1.29. The second-order valence-corrected chi connectivity index (χ2v) is 3.51. The maximum Gasteiger partial charge on any atom is 0.337 e. The number of nitrogens with one attached hydrogen (secondary N) is 2. The molecule has 0 unspecified atom stereocenters. The van der Waals surface area contributed by atoms with Gasteiger partial charge in [-0.3, -0.25) is 9.89 Å². The third-order valence-corrected chi connectivity index (χ3v) is 2.30. The summed E-state index contributed by atoms with van der Waals surface area (Å²) in [6, 6.07) is 6.29. The van der Waals surface area contributed by atoms with Crippen LogP contribution in [-0.2, 0) is 4.74 Å². The van der Waals surface area contributed by atoms with Gasteiger partial charge < -0.3 is 10.1 Å². The van der Waals surface area contributed by atoms with E-state index < -0.39 is 5.97 Å². The molecule has 0 atom stereocenters. The molecule has 0 spiro atoms. The predicted octanol–water partition coefficient (Wildman–Crippen LogP) is 1.45. The number of hydrogen-bond donors (Lipinski definition) is 2. The molecule has 1 amide bonds. The van der Waals surface area contributed by atoms with Crippen LogP contribution in [0.1, 0.15) is 20.7 Å². The Hall–Kier alpha value is -2.63. The van der Waals surface area contributed by atoms with E-state index in [0.29, 0.717) is 16.8 Å². The van der Waals surface area contributed by atoms with Crippen molar-refractivity contribution in [3.8, 4) is 0 Å². The van der Waals surface area contributed by atoms with Crippen LogP contribution >= 0.6 is 0 Å². The largest absolute Gasteiger partial charge is 0.465 e. The van der Waals surface area contributed by atoms with E-state index in [9.17, 15) is 9.59 Å². The molecule has 0 aliphatic heterocycles. The third kappa shape index (κ3) is 2.54. The van der Waals surface area contributed by atoms with E-state index in [0.717, 1.165) is 0 Å². The Bertz CT molecular complexity index is 564. The quantitative estimate of drug-likeness (QED) is 0.801. The molecule has 0 saturated heterocycles. The Morgan fingerprint density at radius 2 is 2.11 bits per heavy atom. The first kappa shape index (κ1) is 11.8. The van der Waals surface area contributed by atoms with Crippen LogP contribution in [0, 0.1) is 0 Å². The van der Waals surface area contributed by atoms with Crippen molar-refractivity contribution in [3.05, 3.63) is 47.8 Å². The van der Waals surface area contributed by atoms with Crippen molar-refractivity contribution in [1.82, 2.24) is 10.2 Å². The maximum atomic E-state index is 11.9. The van der Waals surface area contributed by atoms with E-state index in [-0.39, 0.29) is 5.91 Å². The molecule has 18 heavy (non-hydrogen) atoms. The van der Waals surface area contributed by atoms with Crippen molar-refractivity contribution in [2.75, 3.05) is 12.4 Å². The van der Waals surface area contributed by atoms with E-state index in [1.54, 1.807) is 24.4 Å². The molecule has 6 heteroatoms. The van der Waals surface area contributed by atoms with Gasteiger partial charge in [-0.05, 0) is 18.2 Å². The topological polar surface area (TPSA) is 84.1 Å².